The number of sulfonamides is 1. The second-order valence-electron chi connectivity index (χ2n) is 6.79. The highest BCUT2D eigenvalue weighted by Gasteiger charge is 2.44. The van der Waals surface area contributed by atoms with Gasteiger partial charge in [0.1, 0.15) is 0 Å². The first kappa shape index (κ1) is 18.9. The predicted molar refractivity (Wildman–Crippen MR) is 93.0 cm³/mol. The average Bonchev–Trinajstić information content (AvgIpc) is 2.93. The summed E-state index contributed by atoms with van der Waals surface area (Å²) in [5.74, 6) is -0.184. The van der Waals surface area contributed by atoms with Crippen molar-refractivity contribution in [1.82, 2.24) is 14.2 Å². The number of carbonyl (C=O) groups is 1. The molecule has 1 fully saturated rings. The van der Waals surface area contributed by atoms with E-state index in [4.69, 9.17) is 0 Å². The molecular weight excluding hydrogens is 395 g/mol. The Bertz CT molecular complexity index is 1070. The molecule has 2 aromatic rings. The number of carbonyl (C=O) groups excluding carboxylic acids is 1. The first-order valence-corrected chi connectivity index (χ1v) is 9.98. The number of nitrogens with zero attached hydrogens (tertiary/aromatic N) is 3. The highest BCUT2D eigenvalue weighted by Crippen LogP contribution is 2.37. The molecule has 1 aromatic heterocycles. The number of aryl methyl sites for hydroxylation is 1. The Hall–Kier alpha value is -2.46. The molecule has 1 atom stereocenters. The lowest BCUT2D eigenvalue weighted by atomic mass is 10.1. The number of halogens is 3. The Morgan fingerprint density at radius 2 is 1.93 bits per heavy atom. The van der Waals surface area contributed by atoms with Crippen molar-refractivity contribution < 1.29 is 26.4 Å². The first-order valence-electron chi connectivity index (χ1n) is 8.54. The fourth-order valence-electron chi connectivity index (χ4n) is 3.73. The van der Waals surface area contributed by atoms with Crippen molar-refractivity contribution in [2.75, 3.05) is 19.6 Å². The first-order chi connectivity index (χ1) is 13.1. The third kappa shape index (κ3) is 2.87. The van der Waals surface area contributed by atoms with Crippen molar-refractivity contribution in [2.45, 2.75) is 24.0 Å². The fourth-order valence-corrected chi connectivity index (χ4v) is 5.37. The maximum absolute atomic E-state index is 13.1. The number of hydrogen-bond donors (Lipinski definition) is 0. The van der Waals surface area contributed by atoms with Gasteiger partial charge in [0, 0.05) is 25.8 Å². The minimum absolute atomic E-state index is 0.0124. The van der Waals surface area contributed by atoms with Gasteiger partial charge in [0.05, 0.1) is 27.8 Å². The van der Waals surface area contributed by atoms with Crippen LogP contribution >= 0.6 is 0 Å². The van der Waals surface area contributed by atoms with E-state index in [1.807, 2.05) is 0 Å². The zero-order valence-corrected chi connectivity index (χ0v) is 15.6. The van der Waals surface area contributed by atoms with E-state index >= 15 is 0 Å². The van der Waals surface area contributed by atoms with Gasteiger partial charge >= 0.3 is 6.18 Å². The zero-order valence-electron chi connectivity index (χ0n) is 14.8. The molecule has 3 heterocycles. The summed E-state index contributed by atoms with van der Waals surface area (Å²) in [5, 5.41) is 0. The van der Waals surface area contributed by atoms with Gasteiger partial charge in [-0.2, -0.15) is 17.5 Å². The van der Waals surface area contributed by atoms with Gasteiger partial charge in [0.15, 0.2) is 0 Å². The van der Waals surface area contributed by atoms with Crippen molar-refractivity contribution in [3.05, 3.63) is 58.9 Å². The molecule has 1 aromatic carbocycles. The highest BCUT2D eigenvalue weighted by molar-refractivity contribution is 7.89. The average molecular weight is 411 g/mol. The predicted octanol–water partition coefficient (Wildman–Crippen LogP) is 2.61. The minimum atomic E-state index is -4.54. The van der Waals surface area contributed by atoms with Gasteiger partial charge in [-0.1, -0.05) is 0 Å². The molecule has 0 N–H and O–H groups in total. The Labute approximate surface area is 159 Å². The maximum Gasteiger partial charge on any atom is 0.416 e. The summed E-state index contributed by atoms with van der Waals surface area (Å²) in [4.78, 5) is 18.1. The molecule has 0 radical (unpaired) electrons. The van der Waals surface area contributed by atoms with Gasteiger partial charge in [-0.3, -0.25) is 9.78 Å². The largest absolute Gasteiger partial charge is 0.416 e. The van der Waals surface area contributed by atoms with Gasteiger partial charge < -0.3 is 4.90 Å². The lowest BCUT2D eigenvalue weighted by Crippen LogP contribution is -2.49. The monoisotopic (exact) mass is 411 g/mol. The summed E-state index contributed by atoms with van der Waals surface area (Å²) in [6, 6.07) is 5.40. The number of pyridine rings is 1. The molecule has 0 spiro atoms. The third-order valence-electron chi connectivity index (χ3n) is 5.11. The Morgan fingerprint density at radius 3 is 2.61 bits per heavy atom. The molecule has 1 saturated heterocycles. The highest BCUT2D eigenvalue weighted by atomic mass is 32.2. The van der Waals surface area contributed by atoms with E-state index in [0.29, 0.717) is 11.3 Å². The van der Waals surface area contributed by atoms with Gasteiger partial charge in [-0.15, -0.1) is 0 Å². The lowest BCUT2D eigenvalue weighted by Gasteiger charge is -2.36. The number of hydrogen-bond acceptors (Lipinski definition) is 4. The summed E-state index contributed by atoms with van der Waals surface area (Å²) in [7, 11) is -4.01. The van der Waals surface area contributed by atoms with E-state index in [9.17, 15) is 26.4 Å². The summed E-state index contributed by atoms with van der Waals surface area (Å²) in [6.07, 6.45) is -3.00. The molecule has 2 aliphatic heterocycles. The molecule has 0 bridgehead atoms. The molecule has 6 nitrogen and oxygen atoms in total. The number of alkyl halides is 3. The maximum atomic E-state index is 13.1. The number of rotatable bonds is 2. The van der Waals surface area contributed by atoms with Crippen LogP contribution in [0, 0.1) is 6.92 Å². The van der Waals surface area contributed by atoms with Crippen LogP contribution in [-0.4, -0.2) is 48.1 Å². The number of benzene rings is 1. The van der Waals surface area contributed by atoms with Crippen LogP contribution in [0.25, 0.3) is 0 Å². The van der Waals surface area contributed by atoms with E-state index in [0.717, 1.165) is 18.2 Å². The SMILES string of the molecule is Cc1cc(C(F)(F)F)ccc1S(=O)(=O)N1CCN2C(=O)c3cccnc3C2C1. The second kappa shape index (κ2) is 6.28. The molecule has 148 valence electrons. The lowest BCUT2D eigenvalue weighted by molar-refractivity contribution is -0.137. The summed E-state index contributed by atoms with van der Waals surface area (Å²) < 4.78 is 66.0. The van der Waals surface area contributed by atoms with Crippen LogP contribution in [0.15, 0.2) is 41.4 Å². The van der Waals surface area contributed by atoms with E-state index in [-0.39, 0.29) is 36.0 Å². The number of amides is 1. The molecule has 28 heavy (non-hydrogen) atoms. The number of fused-ring (bicyclic) bond motifs is 3. The topological polar surface area (TPSA) is 70.6 Å². The van der Waals surface area contributed by atoms with E-state index < -0.39 is 27.8 Å². The molecule has 0 aliphatic carbocycles. The van der Waals surface area contributed by atoms with Crippen LogP contribution in [0.3, 0.4) is 0 Å². The van der Waals surface area contributed by atoms with Crippen LogP contribution in [0.5, 0.6) is 0 Å². The molecular formula is C18H16F3N3O3S. The van der Waals surface area contributed by atoms with Gasteiger partial charge in [-0.05, 0) is 42.8 Å². The van der Waals surface area contributed by atoms with E-state index in [2.05, 4.69) is 4.98 Å². The Balaban J connectivity index is 1.66. The fraction of sp³-hybridized carbons (Fsp3) is 0.333. The van der Waals surface area contributed by atoms with Crippen LogP contribution in [0.4, 0.5) is 13.2 Å². The van der Waals surface area contributed by atoms with E-state index in [1.165, 1.54) is 11.2 Å². The standard InChI is InChI=1S/C18H16F3N3O3S/c1-11-9-12(18(19,20)21)4-5-15(11)28(26,27)23-7-8-24-14(10-23)16-13(17(24)25)3-2-6-22-16/h2-6,9,14H,7-8,10H2,1H3. The Kier molecular flexibility index (Phi) is 4.23. The molecule has 2 aliphatic rings. The zero-order chi connectivity index (χ0) is 20.3. The number of piperazine rings is 1. The third-order valence-corrected chi connectivity index (χ3v) is 7.13. The second-order valence-corrected chi connectivity index (χ2v) is 8.70. The van der Waals surface area contributed by atoms with Crippen LogP contribution in [-0.2, 0) is 16.2 Å². The van der Waals surface area contributed by atoms with Crippen LogP contribution in [0.1, 0.15) is 33.2 Å². The van der Waals surface area contributed by atoms with E-state index in [1.54, 1.807) is 23.2 Å². The molecule has 0 saturated carbocycles. The molecule has 1 amide bonds. The Morgan fingerprint density at radius 1 is 1.18 bits per heavy atom. The number of aromatic nitrogens is 1. The summed E-state index contributed by atoms with van der Waals surface area (Å²) >= 11 is 0. The van der Waals surface area contributed by atoms with Crippen molar-refractivity contribution in [3.63, 3.8) is 0 Å². The minimum Gasteiger partial charge on any atom is -0.327 e. The van der Waals surface area contributed by atoms with Gasteiger partial charge in [0.2, 0.25) is 10.0 Å². The van der Waals surface area contributed by atoms with Crippen molar-refractivity contribution in [3.8, 4) is 0 Å². The molecule has 1 unspecified atom stereocenters. The molecule has 4 rings (SSSR count). The van der Waals surface area contributed by atoms with Crippen molar-refractivity contribution in [1.29, 1.82) is 0 Å². The summed E-state index contributed by atoms with van der Waals surface area (Å²) in [5.41, 5.74) is 0.112. The van der Waals surface area contributed by atoms with Crippen molar-refractivity contribution in [2.24, 2.45) is 0 Å². The van der Waals surface area contributed by atoms with Crippen LogP contribution < -0.4 is 0 Å². The van der Waals surface area contributed by atoms with Crippen molar-refractivity contribution >= 4 is 15.9 Å². The normalized spacial score (nSPS) is 20.2. The summed E-state index contributed by atoms with van der Waals surface area (Å²) in [6.45, 7) is 1.62. The van der Waals surface area contributed by atoms with Gasteiger partial charge in [-0.25, -0.2) is 8.42 Å². The smallest absolute Gasteiger partial charge is 0.327 e. The van der Waals surface area contributed by atoms with Gasteiger partial charge in [0.25, 0.3) is 5.91 Å². The van der Waals surface area contributed by atoms with Crippen LogP contribution in [0.2, 0.25) is 0 Å². The molecule has 10 heteroatoms. The quantitative estimate of drug-likeness (QED) is 0.762.